The minimum absolute atomic E-state index is 0.0197. The maximum absolute atomic E-state index is 12.5. The molecule has 5 nitrogen and oxygen atoms in total. The molecule has 24 heavy (non-hydrogen) atoms. The molecule has 1 amide bonds. The average molecular weight is 392 g/mol. The normalized spacial score (nSPS) is 10.3. The van der Waals surface area contributed by atoms with Gasteiger partial charge < -0.3 is 14.8 Å². The van der Waals surface area contributed by atoms with Crippen molar-refractivity contribution in [3.63, 3.8) is 0 Å². The molecule has 0 aliphatic carbocycles. The van der Waals surface area contributed by atoms with Crippen LogP contribution >= 0.6 is 15.9 Å². The van der Waals surface area contributed by atoms with Crippen LogP contribution in [0.3, 0.4) is 0 Å². The van der Waals surface area contributed by atoms with Gasteiger partial charge >= 0.3 is 0 Å². The largest absolute Gasteiger partial charge is 0.490 e. The lowest BCUT2D eigenvalue weighted by Crippen LogP contribution is -2.15. The first-order valence-corrected chi connectivity index (χ1v) is 8.14. The zero-order chi connectivity index (χ0) is 17.5. The Morgan fingerprint density at radius 3 is 2.42 bits per heavy atom. The van der Waals surface area contributed by atoms with E-state index in [0.29, 0.717) is 35.8 Å². The monoisotopic (exact) mass is 391 g/mol. The highest BCUT2D eigenvalue weighted by Gasteiger charge is 2.14. The number of methoxy groups -OCH3 is 1. The van der Waals surface area contributed by atoms with Gasteiger partial charge in [0.05, 0.1) is 12.2 Å². The van der Waals surface area contributed by atoms with E-state index in [-0.39, 0.29) is 11.7 Å². The Morgan fingerprint density at radius 2 is 1.79 bits per heavy atom. The van der Waals surface area contributed by atoms with Crippen LogP contribution in [0.15, 0.2) is 46.9 Å². The Morgan fingerprint density at radius 1 is 1.08 bits per heavy atom. The lowest BCUT2D eigenvalue weighted by atomic mass is 10.1. The lowest BCUT2D eigenvalue weighted by molar-refractivity contribution is 0.101. The summed E-state index contributed by atoms with van der Waals surface area (Å²) in [6.07, 6.45) is 0. The Bertz CT molecular complexity index is 728. The molecule has 0 bridgehead atoms. The van der Waals surface area contributed by atoms with Crippen molar-refractivity contribution in [1.82, 2.24) is 0 Å². The number of ether oxygens (including phenoxy) is 2. The standard InChI is InChI=1S/C18H18BrNO4/c1-12(21)13-3-6-15(7-4-13)20-18(22)16-11-14(19)5-8-17(16)24-10-9-23-2/h3-8,11H,9-10H2,1-2H3,(H,20,22). The molecule has 0 unspecified atom stereocenters. The van der Waals surface area contributed by atoms with Crippen LogP contribution < -0.4 is 10.1 Å². The molecule has 0 atom stereocenters. The molecule has 126 valence electrons. The fourth-order valence-corrected chi connectivity index (χ4v) is 2.39. The van der Waals surface area contributed by atoms with Crippen molar-refractivity contribution < 1.29 is 19.1 Å². The highest BCUT2D eigenvalue weighted by molar-refractivity contribution is 9.10. The summed E-state index contributed by atoms with van der Waals surface area (Å²) in [7, 11) is 1.59. The molecule has 0 heterocycles. The first kappa shape index (κ1) is 18.2. The van der Waals surface area contributed by atoms with Gasteiger partial charge in [0.2, 0.25) is 0 Å². The summed E-state index contributed by atoms with van der Waals surface area (Å²) in [6, 6.07) is 12.0. The molecule has 0 spiro atoms. The zero-order valence-electron chi connectivity index (χ0n) is 13.5. The molecule has 2 aromatic rings. The van der Waals surface area contributed by atoms with Crippen molar-refractivity contribution in [3.8, 4) is 5.75 Å². The van der Waals surface area contributed by atoms with Gasteiger partial charge in [0.25, 0.3) is 5.91 Å². The lowest BCUT2D eigenvalue weighted by Gasteiger charge is -2.12. The molecule has 0 aliphatic rings. The van der Waals surface area contributed by atoms with Crippen molar-refractivity contribution in [1.29, 1.82) is 0 Å². The highest BCUT2D eigenvalue weighted by atomic mass is 79.9. The summed E-state index contributed by atoms with van der Waals surface area (Å²) < 4.78 is 11.3. The summed E-state index contributed by atoms with van der Waals surface area (Å²) in [6.45, 7) is 2.29. The van der Waals surface area contributed by atoms with Crippen LogP contribution in [0, 0.1) is 0 Å². The quantitative estimate of drug-likeness (QED) is 0.573. The Labute approximate surface area is 149 Å². The van der Waals surface area contributed by atoms with Crippen LogP contribution in [0.1, 0.15) is 27.6 Å². The topological polar surface area (TPSA) is 64.6 Å². The number of amides is 1. The summed E-state index contributed by atoms with van der Waals surface area (Å²) >= 11 is 3.36. The number of nitrogens with one attached hydrogen (secondary N) is 1. The fourth-order valence-electron chi connectivity index (χ4n) is 2.03. The number of rotatable bonds is 7. The fraction of sp³-hybridized carbons (Fsp3) is 0.222. The minimum Gasteiger partial charge on any atom is -0.490 e. The van der Waals surface area contributed by atoms with Gasteiger partial charge in [-0.3, -0.25) is 9.59 Å². The number of carbonyl (C=O) groups is 2. The van der Waals surface area contributed by atoms with Crippen LogP contribution in [-0.4, -0.2) is 32.0 Å². The van der Waals surface area contributed by atoms with Gasteiger partial charge in [-0.2, -0.15) is 0 Å². The van der Waals surface area contributed by atoms with E-state index < -0.39 is 0 Å². The number of halogens is 1. The predicted molar refractivity (Wildman–Crippen MR) is 95.9 cm³/mol. The Hall–Kier alpha value is -2.18. The van der Waals surface area contributed by atoms with E-state index in [1.54, 1.807) is 49.6 Å². The van der Waals surface area contributed by atoms with Gasteiger partial charge in [0.15, 0.2) is 5.78 Å². The summed E-state index contributed by atoms with van der Waals surface area (Å²) in [4.78, 5) is 23.8. The van der Waals surface area contributed by atoms with E-state index in [1.807, 2.05) is 0 Å². The second-order valence-corrected chi connectivity index (χ2v) is 5.99. The van der Waals surface area contributed by atoms with E-state index in [4.69, 9.17) is 9.47 Å². The third-order valence-electron chi connectivity index (χ3n) is 3.28. The number of carbonyl (C=O) groups excluding carboxylic acids is 2. The van der Waals surface area contributed by atoms with Crippen molar-refractivity contribution in [2.75, 3.05) is 25.6 Å². The molecule has 2 aromatic carbocycles. The third kappa shape index (κ3) is 4.91. The van der Waals surface area contributed by atoms with Crippen LogP contribution in [0.2, 0.25) is 0 Å². The molecule has 0 aromatic heterocycles. The van der Waals surface area contributed by atoms with E-state index in [1.165, 1.54) is 6.92 Å². The van der Waals surface area contributed by atoms with Crippen molar-refractivity contribution >= 4 is 33.3 Å². The molecule has 0 fully saturated rings. The maximum Gasteiger partial charge on any atom is 0.259 e. The molecule has 1 N–H and O–H groups in total. The van der Waals surface area contributed by atoms with Crippen molar-refractivity contribution in [2.45, 2.75) is 6.92 Å². The van der Waals surface area contributed by atoms with Crippen LogP contribution in [0.5, 0.6) is 5.75 Å². The van der Waals surface area contributed by atoms with Gasteiger partial charge in [0.1, 0.15) is 12.4 Å². The third-order valence-corrected chi connectivity index (χ3v) is 3.77. The summed E-state index contributed by atoms with van der Waals surface area (Å²) in [5.74, 6) is 0.168. The Balaban J connectivity index is 2.15. The predicted octanol–water partition coefficient (Wildman–Crippen LogP) is 3.93. The van der Waals surface area contributed by atoms with E-state index in [0.717, 1.165) is 4.47 Å². The molecule has 0 radical (unpaired) electrons. The number of benzene rings is 2. The number of ketones is 1. The minimum atomic E-state index is -0.292. The number of hydrogen-bond donors (Lipinski definition) is 1. The van der Waals surface area contributed by atoms with Crippen molar-refractivity contribution in [2.24, 2.45) is 0 Å². The maximum atomic E-state index is 12.5. The first-order valence-electron chi connectivity index (χ1n) is 7.35. The second-order valence-electron chi connectivity index (χ2n) is 5.07. The smallest absolute Gasteiger partial charge is 0.259 e. The summed E-state index contributed by atoms with van der Waals surface area (Å²) in [5, 5.41) is 2.80. The van der Waals surface area contributed by atoms with Crippen LogP contribution in [0.4, 0.5) is 5.69 Å². The number of Topliss-reactive ketones (excluding diaryl/α,β-unsaturated/α-hetero) is 1. The SMILES string of the molecule is COCCOc1ccc(Br)cc1C(=O)Nc1ccc(C(C)=O)cc1. The van der Waals surface area contributed by atoms with Crippen LogP contribution in [0.25, 0.3) is 0 Å². The molecule has 2 rings (SSSR count). The molecular formula is C18H18BrNO4. The molecule has 0 saturated carbocycles. The molecular weight excluding hydrogens is 374 g/mol. The molecule has 0 aliphatic heterocycles. The molecule has 6 heteroatoms. The zero-order valence-corrected chi connectivity index (χ0v) is 15.1. The van der Waals surface area contributed by atoms with Gasteiger partial charge in [-0.1, -0.05) is 15.9 Å². The van der Waals surface area contributed by atoms with Crippen molar-refractivity contribution in [3.05, 3.63) is 58.1 Å². The number of hydrogen-bond acceptors (Lipinski definition) is 4. The Kier molecular flexibility index (Phi) is 6.52. The number of anilines is 1. The van der Waals surface area contributed by atoms with E-state index >= 15 is 0 Å². The summed E-state index contributed by atoms with van der Waals surface area (Å²) in [5.41, 5.74) is 1.61. The van der Waals surface area contributed by atoms with Gasteiger partial charge in [-0.25, -0.2) is 0 Å². The van der Waals surface area contributed by atoms with Gasteiger partial charge in [-0.05, 0) is 49.4 Å². The van der Waals surface area contributed by atoms with Crippen LogP contribution in [-0.2, 0) is 4.74 Å². The van der Waals surface area contributed by atoms with Gasteiger partial charge in [-0.15, -0.1) is 0 Å². The highest BCUT2D eigenvalue weighted by Crippen LogP contribution is 2.24. The molecule has 0 saturated heterocycles. The average Bonchev–Trinajstić information content (AvgIpc) is 2.56. The van der Waals surface area contributed by atoms with E-state index in [2.05, 4.69) is 21.2 Å². The second kappa shape index (κ2) is 8.61. The first-order chi connectivity index (χ1) is 11.5. The van der Waals surface area contributed by atoms with E-state index in [9.17, 15) is 9.59 Å². The van der Waals surface area contributed by atoms with Gasteiger partial charge in [0, 0.05) is 22.8 Å².